The number of hydrogen-bond donors (Lipinski definition) is 1. The molecule has 1 amide bonds. The number of nitrogens with two attached hydrogens (primary N) is 1. The summed E-state index contributed by atoms with van der Waals surface area (Å²) in [7, 11) is 1.43. The quantitative estimate of drug-likeness (QED) is 0.777. The molecule has 1 aliphatic rings. The highest BCUT2D eigenvalue weighted by Gasteiger charge is 2.27. The zero-order chi connectivity index (χ0) is 11.4. The van der Waals surface area contributed by atoms with Gasteiger partial charge in [-0.05, 0) is 25.7 Å². The molecule has 0 heterocycles. The second-order valence-corrected chi connectivity index (χ2v) is 4.22. The second-order valence-electron chi connectivity index (χ2n) is 4.22. The molecule has 0 spiro atoms. The SMILES string of the molecule is CN(CC(F)F)C(=O)C1CCC(N)CC1. The van der Waals surface area contributed by atoms with E-state index in [1.807, 2.05) is 0 Å². The number of rotatable bonds is 3. The largest absolute Gasteiger partial charge is 0.340 e. The number of carbonyl (C=O) groups is 1. The van der Waals surface area contributed by atoms with Crippen LogP contribution in [0.3, 0.4) is 0 Å². The van der Waals surface area contributed by atoms with Crippen LogP contribution in [0.15, 0.2) is 0 Å². The van der Waals surface area contributed by atoms with Crippen molar-refractivity contribution in [2.45, 2.75) is 38.2 Å². The number of alkyl halides is 2. The summed E-state index contributed by atoms with van der Waals surface area (Å²) in [6.07, 6.45) is 0.642. The van der Waals surface area contributed by atoms with Gasteiger partial charge in [-0.25, -0.2) is 8.78 Å². The first-order valence-electron chi connectivity index (χ1n) is 5.29. The molecule has 15 heavy (non-hydrogen) atoms. The van der Waals surface area contributed by atoms with Gasteiger partial charge in [0.1, 0.15) is 0 Å². The molecule has 0 aromatic rings. The minimum absolute atomic E-state index is 0.103. The van der Waals surface area contributed by atoms with E-state index in [0.29, 0.717) is 0 Å². The van der Waals surface area contributed by atoms with Gasteiger partial charge in [0.2, 0.25) is 5.91 Å². The lowest BCUT2D eigenvalue weighted by Crippen LogP contribution is -2.39. The maximum atomic E-state index is 12.1. The van der Waals surface area contributed by atoms with Crippen LogP contribution in [0.4, 0.5) is 8.78 Å². The standard InChI is InChI=1S/C10H18F2N2O/c1-14(6-9(11)12)10(15)7-2-4-8(13)5-3-7/h7-9H,2-6,13H2,1H3. The van der Waals surface area contributed by atoms with Crippen LogP contribution in [0.25, 0.3) is 0 Å². The molecule has 0 aliphatic heterocycles. The summed E-state index contributed by atoms with van der Waals surface area (Å²) < 4.78 is 24.1. The van der Waals surface area contributed by atoms with Crippen LogP contribution < -0.4 is 5.73 Å². The zero-order valence-electron chi connectivity index (χ0n) is 8.96. The van der Waals surface area contributed by atoms with Crippen LogP contribution >= 0.6 is 0 Å². The van der Waals surface area contributed by atoms with E-state index in [0.717, 1.165) is 30.6 Å². The van der Waals surface area contributed by atoms with Gasteiger partial charge in [0.25, 0.3) is 6.43 Å². The van der Waals surface area contributed by atoms with Crippen LogP contribution in [0.1, 0.15) is 25.7 Å². The van der Waals surface area contributed by atoms with Crippen molar-refractivity contribution in [3.05, 3.63) is 0 Å². The topological polar surface area (TPSA) is 46.3 Å². The summed E-state index contributed by atoms with van der Waals surface area (Å²) in [6.45, 7) is -0.471. The van der Waals surface area contributed by atoms with Crippen LogP contribution in [-0.4, -0.2) is 36.9 Å². The van der Waals surface area contributed by atoms with Crippen molar-refractivity contribution in [3.63, 3.8) is 0 Å². The van der Waals surface area contributed by atoms with Gasteiger partial charge in [0, 0.05) is 19.0 Å². The molecule has 0 aromatic carbocycles. The Labute approximate surface area is 88.6 Å². The highest BCUT2D eigenvalue weighted by atomic mass is 19.3. The van der Waals surface area contributed by atoms with E-state index in [1.54, 1.807) is 0 Å². The van der Waals surface area contributed by atoms with Gasteiger partial charge < -0.3 is 10.6 Å². The Morgan fingerprint density at radius 3 is 2.40 bits per heavy atom. The molecular formula is C10H18F2N2O. The first-order chi connectivity index (χ1) is 7.00. The molecule has 1 rings (SSSR count). The van der Waals surface area contributed by atoms with Crippen LogP contribution in [0.2, 0.25) is 0 Å². The Morgan fingerprint density at radius 1 is 1.40 bits per heavy atom. The fourth-order valence-electron chi connectivity index (χ4n) is 1.97. The highest BCUT2D eigenvalue weighted by Crippen LogP contribution is 2.24. The molecule has 1 saturated carbocycles. The predicted octanol–water partition coefficient (Wildman–Crippen LogP) is 1.23. The fourth-order valence-corrected chi connectivity index (χ4v) is 1.97. The first-order valence-corrected chi connectivity index (χ1v) is 5.29. The second kappa shape index (κ2) is 5.39. The molecule has 5 heteroatoms. The molecule has 1 aliphatic carbocycles. The molecule has 0 unspecified atom stereocenters. The lowest BCUT2D eigenvalue weighted by atomic mass is 9.85. The van der Waals surface area contributed by atoms with E-state index >= 15 is 0 Å². The molecule has 2 N–H and O–H groups in total. The fraction of sp³-hybridized carbons (Fsp3) is 0.900. The third-order valence-electron chi connectivity index (χ3n) is 2.91. The van der Waals surface area contributed by atoms with Gasteiger partial charge in [-0.3, -0.25) is 4.79 Å². The number of amides is 1. The molecule has 88 valence electrons. The van der Waals surface area contributed by atoms with Crippen molar-refractivity contribution >= 4 is 5.91 Å². The molecule has 3 nitrogen and oxygen atoms in total. The summed E-state index contributed by atoms with van der Waals surface area (Å²) in [4.78, 5) is 12.8. The van der Waals surface area contributed by atoms with E-state index in [9.17, 15) is 13.6 Å². The Hall–Kier alpha value is -0.710. The first kappa shape index (κ1) is 12.4. The monoisotopic (exact) mass is 220 g/mol. The normalized spacial score (nSPS) is 26.7. The van der Waals surface area contributed by atoms with E-state index < -0.39 is 13.0 Å². The number of halogens is 2. The summed E-state index contributed by atoms with van der Waals surface area (Å²) in [5.41, 5.74) is 5.71. The lowest BCUT2D eigenvalue weighted by molar-refractivity contribution is -0.137. The Balaban J connectivity index is 2.39. The van der Waals surface area contributed by atoms with E-state index in [-0.39, 0.29) is 17.9 Å². The summed E-state index contributed by atoms with van der Waals surface area (Å²) in [6, 6.07) is 0.175. The van der Waals surface area contributed by atoms with Crippen molar-refractivity contribution in [1.82, 2.24) is 4.90 Å². The predicted molar refractivity (Wildman–Crippen MR) is 53.6 cm³/mol. The molecule has 0 bridgehead atoms. The van der Waals surface area contributed by atoms with Gasteiger partial charge in [-0.2, -0.15) is 0 Å². The van der Waals surface area contributed by atoms with Gasteiger partial charge >= 0.3 is 0 Å². The Bertz CT molecular complexity index is 215. The van der Waals surface area contributed by atoms with Crippen molar-refractivity contribution in [3.8, 4) is 0 Å². The Kier molecular flexibility index (Phi) is 4.45. The molecule has 0 saturated heterocycles. The number of nitrogens with zero attached hydrogens (tertiary/aromatic N) is 1. The maximum Gasteiger partial charge on any atom is 0.255 e. The molecule has 0 aromatic heterocycles. The summed E-state index contributed by atoms with van der Waals surface area (Å²) >= 11 is 0. The Morgan fingerprint density at radius 2 is 1.93 bits per heavy atom. The van der Waals surface area contributed by atoms with Gasteiger partial charge in [0.05, 0.1) is 6.54 Å². The average Bonchev–Trinajstić information content (AvgIpc) is 2.17. The molecular weight excluding hydrogens is 202 g/mol. The molecule has 0 atom stereocenters. The van der Waals surface area contributed by atoms with Crippen molar-refractivity contribution in [2.75, 3.05) is 13.6 Å². The summed E-state index contributed by atoms with van der Waals surface area (Å²) in [5, 5.41) is 0. The third-order valence-corrected chi connectivity index (χ3v) is 2.91. The molecule has 0 radical (unpaired) electrons. The summed E-state index contributed by atoms with van der Waals surface area (Å²) in [5.74, 6) is -0.268. The number of hydrogen-bond acceptors (Lipinski definition) is 2. The van der Waals surface area contributed by atoms with Gasteiger partial charge in [0.15, 0.2) is 0 Å². The van der Waals surface area contributed by atoms with Gasteiger partial charge in [-0.15, -0.1) is 0 Å². The smallest absolute Gasteiger partial charge is 0.255 e. The lowest BCUT2D eigenvalue weighted by Gasteiger charge is -2.28. The third kappa shape index (κ3) is 3.74. The maximum absolute atomic E-state index is 12.1. The zero-order valence-corrected chi connectivity index (χ0v) is 8.96. The van der Waals surface area contributed by atoms with Crippen LogP contribution in [-0.2, 0) is 4.79 Å². The number of carbonyl (C=O) groups excluding carboxylic acids is 1. The highest BCUT2D eigenvalue weighted by molar-refractivity contribution is 5.78. The minimum atomic E-state index is -2.45. The van der Waals surface area contributed by atoms with Crippen LogP contribution in [0.5, 0.6) is 0 Å². The van der Waals surface area contributed by atoms with Crippen molar-refractivity contribution in [2.24, 2.45) is 11.7 Å². The van der Waals surface area contributed by atoms with Crippen molar-refractivity contribution < 1.29 is 13.6 Å². The van der Waals surface area contributed by atoms with E-state index in [2.05, 4.69) is 0 Å². The van der Waals surface area contributed by atoms with E-state index in [4.69, 9.17) is 5.73 Å². The minimum Gasteiger partial charge on any atom is -0.340 e. The van der Waals surface area contributed by atoms with E-state index in [1.165, 1.54) is 7.05 Å². The van der Waals surface area contributed by atoms with Crippen molar-refractivity contribution in [1.29, 1.82) is 0 Å². The average molecular weight is 220 g/mol. The van der Waals surface area contributed by atoms with Crippen LogP contribution in [0, 0.1) is 5.92 Å². The molecule has 1 fully saturated rings. The van der Waals surface area contributed by atoms with Gasteiger partial charge in [-0.1, -0.05) is 0 Å².